The summed E-state index contributed by atoms with van der Waals surface area (Å²) in [6.07, 6.45) is 4.77. The number of H-pyrrole nitrogens is 1. The Morgan fingerprint density at radius 2 is 0.908 bits per heavy atom. The summed E-state index contributed by atoms with van der Waals surface area (Å²) in [6, 6.07) is 84.8. The molecule has 2 aliphatic carbocycles. The number of aromatic amines is 1. The van der Waals surface area contributed by atoms with E-state index in [0.717, 1.165) is 28.6 Å². The average Bonchev–Trinajstić information content (AvgIpc) is 1.56. The maximum absolute atomic E-state index is 7.90. The Morgan fingerprint density at radius 1 is 0.448 bits per heavy atom. The van der Waals surface area contributed by atoms with Gasteiger partial charge in [0.05, 0.1) is 11.1 Å². The van der Waals surface area contributed by atoms with Gasteiger partial charge in [0.1, 0.15) is 0 Å². The van der Waals surface area contributed by atoms with Crippen LogP contribution in [0.15, 0.2) is 287 Å². The zero-order valence-corrected chi connectivity index (χ0v) is 55.0. The maximum atomic E-state index is 7.90. The Bertz CT molecular complexity index is 3640. The van der Waals surface area contributed by atoms with Crippen molar-refractivity contribution in [3.63, 3.8) is 0 Å². The molecule has 1 unspecified atom stereocenters. The molecule has 0 amide bonds. The van der Waals surface area contributed by atoms with Crippen molar-refractivity contribution in [2.75, 3.05) is 0 Å². The minimum Gasteiger partial charge on any atom is -0.361 e. The van der Waals surface area contributed by atoms with Gasteiger partial charge in [0.2, 0.25) is 0 Å². The van der Waals surface area contributed by atoms with Gasteiger partial charge < -0.3 is 15.8 Å². The van der Waals surface area contributed by atoms with E-state index in [0.29, 0.717) is 5.71 Å². The number of aromatic nitrogens is 1. The van der Waals surface area contributed by atoms with Crippen molar-refractivity contribution in [3.8, 4) is 33.4 Å². The molecule has 2 heterocycles. The second-order valence-electron chi connectivity index (χ2n) is 19.2. The van der Waals surface area contributed by atoms with Gasteiger partial charge in [-0.25, -0.2) is 0 Å². The number of hydrogen-bond acceptors (Lipinski definition) is 2. The van der Waals surface area contributed by atoms with Gasteiger partial charge in [-0.1, -0.05) is 311 Å². The average molecular weight is 1150 g/mol. The fourth-order valence-electron chi connectivity index (χ4n) is 9.83. The molecular weight excluding hydrogens is 1050 g/mol. The largest absolute Gasteiger partial charge is 0.361 e. The highest BCUT2D eigenvalue weighted by Gasteiger charge is 2.47. The van der Waals surface area contributed by atoms with Crippen LogP contribution in [0.5, 0.6) is 0 Å². The Balaban J connectivity index is 0.000000412. The number of aryl methyl sites for hydroxylation is 5. The van der Waals surface area contributed by atoms with Crippen LogP contribution in [0.1, 0.15) is 130 Å². The second-order valence-corrected chi connectivity index (χ2v) is 19.2. The molecule has 87 heavy (non-hydrogen) atoms. The van der Waals surface area contributed by atoms with Crippen LogP contribution < -0.4 is 0 Å². The molecule has 3 N–H and O–H groups in total. The molecule has 3 heteroatoms. The predicted octanol–water partition coefficient (Wildman–Crippen LogP) is 24.5. The van der Waals surface area contributed by atoms with Crippen molar-refractivity contribution in [2.45, 2.75) is 109 Å². The third-order valence-corrected chi connectivity index (χ3v) is 14.0. The first kappa shape index (κ1) is 73.7. The van der Waals surface area contributed by atoms with Crippen molar-refractivity contribution in [1.29, 1.82) is 10.8 Å². The molecule has 1 aliphatic heterocycles. The van der Waals surface area contributed by atoms with Gasteiger partial charge in [0.25, 0.3) is 0 Å². The normalized spacial score (nSPS) is 11.3. The number of nitrogens with one attached hydrogen (secondary N) is 3. The Morgan fingerprint density at radius 3 is 1.43 bits per heavy atom. The summed E-state index contributed by atoms with van der Waals surface area (Å²) >= 11 is 0. The lowest BCUT2D eigenvalue weighted by Gasteiger charge is -2.35. The van der Waals surface area contributed by atoms with Crippen LogP contribution in [0.25, 0.3) is 44.3 Å². The lowest BCUT2D eigenvalue weighted by Crippen LogP contribution is -2.29. The van der Waals surface area contributed by atoms with Crippen LogP contribution in [-0.2, 0) is 11.8 Å². The minimum atomic E-state index is -0.472. The van der Waals surface area contributed by atoms with E-state index in [4.69, 9.17) is 10.8 Å². The van der Waals surface area contributed by atoms with Crippen LogP contribution in [0.3, 0.4) is 0 Å². The first-order valence-corrected chi connectivity index (χ1v) is 30.8. The molecule has 450 valence electrons. The number of para-hydroxylation sites is 1. The van der Waals surface area contributed by atoms with E-state index >= 15 is 0 Å². The quantitative estimate of drug-likeness (QED) is 0.114. The molecule has 0 saturated heterocycles. The fraction of sp³-hybridized carbons (Fsp3) is 0.190. The molecule has 3 nitrogen and oxygen atoms in total. The summed E-state index contributed by atoms with van der Waals surface area (Å²) in [5.74, 6) is 0. The van der Waals surface area contributed by atoms with Crippen LogP contribution in [0.2, 0.25) is 0 Å². The lowest BCUT2D eigenvalue weighted by atomic mass is 9.66. The molecular formula is C84H99N3. The Hall–Kier alpha value is -9.44. The van der Waals surface area contributed by atoms with Gasteiger partial charge in [-0.3, -0.25) is 0 Å². The third-order valence-electron chi connectivity index (χ3n) is 14.0. The minimum absolute atomic E-state index is 0.472. The second kappa shape index (κ2) is 40.8. The number of rotatable bonds is 5. The summed E-state index contributed by atoms with van der Waals surface area (Å²) in [4.78, 5) is 3.67. The molecule has 1 atom stereocenters. The third kappa shape index (κ3) is 19.8. The van der Waals surface area contributed by atoms with Crippen LogP contribution in [0.4, 0.5) is 0 Å². The van der Waals surface area contributed by atoms with E-state index in [2.05, 4.69) is 255 Å². The number of fused-ring (bicyclic) bond motifs is 6. The fourth-order valence-corrected chi connectivity index (χ4v) is 9.83. The first-order chi connectivity index (χ1) is 42.5. The molecule has 2 bridgehead atoms. The van der Waals surface area contributed by atoms with E-state index in [1.165, 1.54) is 95.1 Å². The number of allylic oxidation sites excluding steroid dienone is 1. The molecule has 0 fully saturated rings. The summed E-state index contributed by atoms with van der Waals surface area (Å²) in [6.45, 7) is 44.3. The molecule has 1 spiro atoms. The van der Waals surface area contributed by atoms with Crippen molar-refractivity contribution >= 4 is 22.8 Å². The van der Waals surface area contributed by atoms with E-state index in [-0.39, 0.29) is 0 Å². The summed E-state index contributed by atoms with van der Waals surface area (Å²) in [5.41, 5.74) is 22.8. The summed E-state index contributed by atoms with van der Waals surface area (Å²) < 4.78 is 0. The van der Waals surface area contributed by atoms with Gasteiger partial charge in [-0.15, -0.1) is 26.3 Å². The van der Waals surface area contributed by atoms with Crippen molar-refractivity contribution < 1.29 is 0 Å². The van der Waals surface area contributed by atoms with Gasteiger partial charge >= 0.3 is 0 Å². The monoisotopic (exact) mass is 1150 g/mol. The molecule has 0 saturated carbocycles. The van der Waals surface area contributed by atoms with E-state index in [1.807, 2.05) is 129 Å². The topological polar surface area (TPSA) is 63.5 Å². The number of benzene rings is 9. The van der Waals surface area contributed by atoms with Crippen molar-refractivity contribution in [2.24, 2.45) is 0 Å². The lowest BCUT2D eigenvalue weighted by molar-refractivity contribution is 0.767. The van der Waals surface area contributed by atoms with E-state index in [9.17, 15) is 0 Å². The van der Waals surface area contributed by atoms with E-state index in [1.54, 1.807) is 0 Å². The smallest absolute Gasteiger partial charge is 0.0733 e. The van der Waals surface area contributed by atoms with E-state index < -0.39 is 5.41 Å². The molecule has 3 aliphatic rings. The van der Waals surface area contributed by atoms with Gasteiger partial charge in [-0.2, -0.15) is 0 Å². The van der Waals surface area contributed by atoms with Crippen LogP contribution in [-0.4, -0.2) is 16.9 Å². The number of hydrogen-bond donors (Lipinski definition) is 3. The van der Waals surface area contributed by atoms with Crippen LogP contribution >= 0.6 is 0 Å². The highest BCUT2D eigenvalue weighted by Crippen LogP contribution is 2.58. The summed E-state index contributed by atoms with van der Waals surface area (Å²) in [7, 11) is 0. The Labute approximate surface area is 526 Å². The standard InChI is InChI=1S/C33H24N2.C16H15N.2C8H10.C7H8.4C2H6.2C2H4/c1-21-13-15-30-27(17-21)28-18-22(19-34)14-16-31(28)33(30)23-7-6-10-24(25-8-2-4-11-29(25)33)26-9-3-5-12-32(26)35-20-23;1-12(2)16(17)15-10-8-14(9-11-15)13-6-4-3-5-7-13;1-7-5-3-4-6-8(7)2;1-2-8-6-4-3-5-7-8;1-7-5-3-2-4-6-7;6*1-2/h2-20,34-35H,1H3;3-11,17H,1H2,2H3;3-6H,1-2H3;3-7H,2H2,1H3;2-6H,1H3;4*1-2H3;2*1-2H2. The summed E-state index contributed by atoms with van der Waals surface area (Å²) in [5, 5.41) is 17.0. The molecule has 1 aromatic heterocycles. The zero-order chi connectivity index (χ0) is 64.7. The highest BCUT2D eigenvalue weighted by atomic mass is 14.7. The molecule has 10 aromatic rings. The Kier molecular flexibility index (Phi) is 34.5. The molecule has 9 aromatic carbocycles. The predicted molar refractivity (Wildman–Crippen MR) is 389 cm³/mol. The zero-order valence-electron chi connectivity index (χ0n) is 55.0. The van der Waals surface area contributed by atoms with Gasteiger partial charge in [0, 0.05) is 23.3 Å². The first-order valence-electron chi connectivity index (χ1n) is 30.8. The molecule has 13 rings (SSSR count). The molecule has 0 radical (unpaired) electrons. The van der Waals surface area contributed by atoms with Crippen molar-refractivity contribution in [3.05, 3.63) is 349 Å². The van der Waals surface area contributed by atoms with Crippen LogP contribution in [0, 0.1) is 38.5 Å². The van der Waals surface area contributed by atoms with Gasteiger partial charge in [0.15, 0.2) is 0 Å². The maximum Gasteiger partial charge on any atom is 0.0733 e. The van der Waals surface area contributed by atoms with Crippen molar-refractivity contribution in [1.82, 2.24) is 4.98 Å². The van der Waals surface area contributed by atoms with Gasteiger partial charge in [-0.05, 0) is 142 Å². The SMILES string of the molecule is C=C.C=C.C=C(C)C(=N)c1ccc(-c2ccccc2)cc1.CC.CC.CC.CC.CCc1ccccc1.Cc1ccc2c(c1)-c1cc(C=N)ccc1C21c2cccc(c3ccccc3[nH]c2)-c2ccccc21.Cc1ccccc1.Cc1ccccc1C. The highest BCUT2D eigenvalue weighted by molar-refractivity contribution is 6.10.